The minimum Gasteiger partial charge on any atom is -0.367 e. The highest BCUT2D eigenvalue weighted by Crippen LogP contribution is 2.23. The molecule has 5 heteroatoms. The summed E-state index contributed by atoms with van der Waals surface area (Å²) >= 11 is 0. The number of carbonyl (C=O) groups is 1. The van der Waals surface area contributed by atoms with Gasteiger partial charge >= 0.3 is 0 Å². The van der Waals surface area contributed by atoms with Gasteiger partial charge in [0.05, 0.1) is 6.04 Å². The number of carbonyl (C=O) groups excluding carboxylic acids is 1. The fourth-order valence-corrected chi connectivity index (χ4v) is 4.08. The third kappa shape index (κ3) is 6.79. The van der Waals surface area contributed by atoms with E-state index in [-0.39, 0.29) is 11.9 Å². The lowest BCUT2D eigenvalue weighted by molar-refractivity contribution is -0.119. The van der Waals surface area contributed by atoms with Gasteiger partial charge in [0.15, 0.2) is 0 Å². The Hall–Kier alpha value is -3.99. The molecule has 1 atom stereocenters. The van der Waals surface area contributed by atoms with Gasteiger partial charge in [-0.15, -0.1) is 0 Å². The summed E-state index contributed by atoms with van der Waals surface area (Å²) in [6.45, 7) is 19.3. The Bertz CT molecular complexity index is 1200. The summed E-state index contributed by atoms with van der Waals surface area (Å²) in [7, 11) is 2.05. The van der Waals surface area contributed by atoms with Crippen LogP contribution in [0.3, 0.4) is 0 Å². The van der Waals surface area contributed by atoms with Crippen LogP contribution in [0.25, 0.3) is 5.57 Å². The molecule has 1 aliphatic rings. The van der Waals surface area contributed by atoms with Gasteiger partial charge in [0.25, 0.3) is 0 Å². The van der Waals surface area contributed by atoms with E-state index in [1.54, 1.807) is 0 Å². The lowest BCUT2D eigenvalue weighted by Gasteiger charge is -2.26. The number of amides is 1. The van der Waals surface area contributed by atoms with Crippen LogP contribution < -0.4 is 16.0 Å². The maximum atomic E-state index is 11.5. The Morgan fingerprint density at radius 2 is 1.83 bits per heavy atom. The predicted octanol–water partition coefficient (Wildman–Crippen LogP) is 6.26. The number of nitrogens with one attached hydrogen (secondary N) is 3. The number of rotatable bonds is 11. The standard InChI is InChI=1S/C31H38N4O/c1-8-21(2)25(6)35(7)30(19-23(4)28-12-10-9-11-22(28)3)32-20-26-13-15-27(16-14-26)33-24(5)29-17-18-31(36)34-29/h8-16,19,29,32-33H,1,4-5,17-18,20H2,2-3,6-7H3,(H,34,36)/b25-21-,30-19-. The van der Waals surface area contributed by atoms with Gasteiger partial charge in [0.2, 0.25) is 5.91 Å². The third-order valence-electron chi connectivity index (χ3n) is 6.69. The zero-order chi connectivity index (χ0) is 26.2. The van der Waals surface area contributed by atoms with Crippen molar-refractivity contribution in [1.82, 2.24) is 15.5 Å². The van der Waals surface area contributed by atoms with E-state index in [2.05, 4.69) is 91.7 Å². The van der Waals surface area contributed by atoms with Crippen LogP contribution in [-0.4, -0.2) is 23.9 Å². The first-order valence-electron chi connectivity index (χ1n) is 12.3. The molecule has 188 valence electrons. The van der Waals surface area contributed by atoms with Crippen LogP contribution in [0.2, 0.25) is 0 Å². The monoisotopic (exact) mass is 482 g/mol. The van der Waals surface area contributed by atoms with Crippen LogP contribution in [0.4, 0.5) is 5.69 Å². The lowest BCUT2D eigenvalue weighted by Crippen LogP contribution is -2.29. The summed E-state index contributed by atoms with van der Waals surface area (Å²) in [5.74, 6) is 1.03. The van der Waals surface area contributed by atoms with E-state index in [0.717, 1.165) is 51.6 Å². The zero-order valence-corrected chi connectivity index (χ0v) is 21.9. The van der Waals surface area contributed by atoms with Crippen molar-refractivity contribution in [3.8, 4) is 0 Å². The Morgan fingerprint density at radius 1 is 1.14 bits per heavy atom. The van der Waals surface area contributed by atoms with Gasteiger partial charge in [-0.2, -0.15) is 0 Å². The Morgan fingerprint density at radius 3 is 2.44 bits per heavy atom. The molecule has 1 fully saturated rings. The van der Waals surface area contributed by atoms with Crippen LogP contribution in [0, 0.1) is 6.92 Å². The van der Waals surface area contributed by atoms with Crippen molar-refractivity contribution in [3.05, 3.63) is 120 Å². The van der Waals surface area contributed by atoms with Crippen LogP contribution >= 0.6 is 0 Å². The molecule has 3 N–H and O–H groups in total. The number of nitrogens with zero attached hydrogens (tertiary/aromatic N) is 1. The molecule has 2 aromatic rings. The van der Waals surface area contributed by atoms with Crippen molar-refractivity contribution in [3.63, 3.8) is 0 Å². The van der Waals surface area contributed by atoms with Crippen molar-refractivity contribution < 1.29 is 4.79 Å². The first-order valence-corrected chi connectivity index (χ1v) is 12.3. The minimum atomic E-state index is -0.0151. The molecule has 1 saturated heterocycles. The van der Waals surface area contributed by atoms with E-state index in [1.807, 2.05) is 37.4 Å². The maximum absolute atomic E-state index is 11.5. The third-order valence-corrected chi connectivity index (χ3v) is 6.69. The van der Waals surface area contributed by atoms with Crippen molar-refractivity contribution in [1.29, 1.82) is 0 Å². The molecular weight excluding hydrogens is 444 g/mol. The lowest BCUT2D eigenvalue weighted by atomic mass is 10.0. The Labute approximate surface area is 216 Å². The first-order chi connectivity index (χ1) is 17.2. The van der Waals surface area contributed by atoms with Gasteiger partial charge in [-0.1, -0.05) is 62.2 Å². The molecule has 0 spiro atoms. The van der Waals surface area contributed by atoms with E-state index in [1.165, 1.54) is 5.56 Å². The topological polar surface area (TPSA) is 56.4 Å². The quantitative estimate of drug-likeness (QED) is 0.331. The Kier molecular flexibility index (Phi) is 8.96. The molecule has 1 heterocycles. The second-order valence-electron chi connectivity index (χ2n) is 9.26. The average molecular weight is 483 g/mol. The second kappa shape index (κ2) is 12.1. The fraction of sp³-hybridized carbons (Fsp3) is 0.258. The highest BCUT2D eigenvalue weighted by atomic mass is 16.1. The largest absolute Gasteiger partial charge is 0.367 e. The van der Waals surface area contributed by atoms with Crippen LogP contribution in [-0.2, 0) is 11.3 Å². The maximum Gasteiger partial charge on any atom is 0.220 e. The number of allylic oxidation sites excluding steroid dienone is 5. The van der Waals surface area contributed by atoms with Gasteiger partial charge in [-0.3, -0.25) is 4.79 Å². The van der Waals surface area contributed by atoms with Crippen molar-refractivity contribution in [2.75, 3.05) is 12.4 Å². The summed E-state index contributed by atoms with van der Waals surface area (Å²) < 4.78 is 0. The SMILES string of the molecule is C=C/C(C)=C(/C)N(C)/C(=C\C(=C)c1ccccc1C)NCc1ccc(NC(=C)C2CCC(=O)N2)cc1. The molecule has 0 aromatic heterocycles. The summed E-state index contributed by atoms with van der Waals surface area (Å²) in [6, 6.07) is 16.5. The van der Waals surface area contributed by atoms with E-state index in [9.17, 15) is 4.79 Å². The Balaban J connectivity index is 1.74. The van der Waals surface area contributed by atoms with Crippen molar-refractivity contribution in [2.24, 2.45) is 0 Å². The molecule has 1 unspecified atom stereocenters. The fourth-order valence-electron chi connectivity index (χ4n) is 4.08. The van der Waals surface area contributed by atoms with Crippen LogP contribution in [0.15, 0.2) is 103 Å². The molecule has 0 radical (unpaired) electrons. The summed E-state index contributed by atoms with van der Waals surface area (Å²) in [6.07, 6.45) is 5.30. The van der Waals surface area contributed by atoms with Crippen LogP contribution in [0.5, 0.6) is 0 Å². The molecule has 1 amide bonds. The smallest absolute Gasteiger partial charge is 0.220 e. The molecule has 0 aliphatic carbocycles. The van der Waals surface area contributed by atoms with Gasteiger partial charge < -0.3 is 20.9 Å². The number of hydrogen-bond acceptors (Lipinski definition) is 4. The van der Waals surface area contributed by atoms with E-state index in [0.29, 0.717) is 13.0 Å². The van der Waals surface area contributed by atoms with Crippen molar-refractivity contribution >= 4 is 17.2 Å². The average Bonchev–Trinajstić information content (AvgIpc) is 3.32. The van der Waals surface area contributed by atoms with Gasteiger partial charge in [0.1, 0.15) is 5.82 Å². The summed E-state index contributed by atoms with van der Waals surface area (Å²) in [5.41, 5.74) is 8.39. The second-order valence-corrected chi connectivity index (χ2v) is 9.26. The van der Waals surface area contributed by atoms with Crippen LogP contribution in [0.1, 0.15) is 43.4 Å². The predicted molar refractivity (Wildman–Crippen MR) is 152 cm³/mol. The molecule has 36 heavy (non-hydrogen) atoms. The van der Waals surface area contributed by atoms with Gasteiger partial charge in [-0.05, 0) is 73.2 Å². The van der Waals surface area contributed by atoms with E-state index >= 15 is 0 Å². The zero-order valence-electron chi connectivity index (χ0n) is 21.9. The summed E-state index contributed by atoms with van der Waals surface area (Å²) in [4.78, 5) is 13.6. The molecular formula is C31H38N4O. The van der Waals surface area contributed by atoms with Crippen molar-refractivity contribution in [2.45, 2.75) is 46.2 Å². The number of benzene rings is 2. The minimum absolute atomic E-state index is 0.0151. The van der Waals surface area contributed by atoms with Gasteiger partial charge in [-0.25, -0.2) is 0 Å². The molecule has 0 saturated carbocycles. The van der Waals surface area contributed by atoms with E-state index in [4.69, 9.17) is 0 Å². The number of hydrogen-bond donors (Lipinski definition) is 3. The highest BCUT2D eigenvalue weighted by molar-refractivity contribution is 5.79. The number of anilines is 1. The molecule has 1 aliphatic heterocycles. The molecule has 2 aromatic carbocycles. The number of aryl methyl sites for hydroxylation is 1. The molecule has 3 rings (SSSR count). The van der Waals surface area contributed by atoms with E-state index < -0.39 is 0 Å². The molecule has 0 bridgehead atoms. The summed E-state index contributed by atoms with van der Waals surface area (Å²) in [5, 5.41) is 9.86. The molecule has 5 nitrogen and oxygen atoms in total. The first kappa shape index (κ1) is 26.6. The van der Waals surface area contributed by atoms with Gasteiger partial charge in [0, 0.05) is 37.1 Å². The highest BCUT2D eigenvalue weighted by Gasteiger charge is 2.23. The normalized spacial score (nSPS) is 16.1.